The third kappa shape index (κ3) is 5.34. The van der Waals surface area contributed by atoms with E-state index in [2.05, 4.69) is 17.6 Å². The van der Waals surface area contributed by atoms with Crippen LogP contribution in [0.25, 0.3) is 0 Å². The second kappa shape index (κ2) is 7.00. The molecule has 0 bridgehead atoms. The quantitative estimate of drug-likeness (QED) is 0.430. The summed E-state index contributed by atoms with van der Waals surface area (Å²) in [7, 11) is 1.78. The number of hydrogen-bond donors (Lipinski definition) is 0. The molecule has 0 spiro atoms. The standard InChI is InChI=1S/C10H15N/c1-4-6-10(7-5-2)8-9-11-3/h4-7,9H,1,8H2,2-3H3/b7-5-,10-6+,11-9+. The normalized spacial score (nSPS) is 13.1. The summed E-state index contributed by atoms with van der Waals surface area (Å²) in [5.74, 6) is 0. The van der Waals surface area contributed by atoms with Crippen molar-refractivity contribution >= 4 is 6.21 Å². The Labute approximate surface area is 68.9 Å². The van der Waals surface area contributed by atoms with Gasteiger partial charge in [0.05, 0.1) is 0 Å². The molecule has 0 aliphatic carbocycles. The van der Waals surface area contributed by atoms with Crippen molar-refractivity contribution in [1.82, 2.24) is 0 Å². The Kier molecular flexibility index (Phi) is 6.30. The Balaban J connectivity index is 4.10. The van der Waals surface area contributed by atoms with Crippen molar-refractivity contribution in [2.75, 3.05) is 7.05 Å². The van der Waals surface area contributed by atoms with Crippen molar-refractivity contribution in [3.8, 4) is 0 Å². The Morgan fingerprint density at radius 1 is 1.55 bits per heavy atom. The molecule has 0 amide bonds. The molecule has 0 aromatic rings. The molecule has 0 unspecified atom stereocenters. The van der Waals surface area contributed by atoms with Crippen molar-refractivity contribution in [2.24, 2.45) is 4.99 Å². The van der Waals surface area contributed by atoms with Crippen LogP contribution in [0.3, 0.4) is 0 Å². The Hall–Kier alpha value is -1.11. The van der Waals surface area contributed by atoms with Crippen LogP contribution in [0.1, 0.15) is 13.3 Å². The Morgan fingerprint density at radius 2 is 2.27 bits per heavy atom. The van der Waals surface area contributed by atoms with Crippen molar-refractivity contribution < 1.29 is 0 Å². The van der Waals surface area contributed by atoms with Gasteiger partial charge in [0.2, 0.25) is 0 Å². The molecule has 0 fully saturated rings. The largest absolute Gasteiger partial charge is 0.301 e. The lowest BCUT2D eigenvalue weighted by Crippen LogP contribution is -1.79. The predicted octanol–water partition coefficient (Wildman–Crippen LogP) is 2.77. The number of rotatable bonds is 4. The molecule has 0 aliphatic rings. The first-order valence-electron chi connectivity index (χ1n) is 3.70. The van der Waals surface area contributed by atoms with Gasteiger partial charge in [-0.15, -0.1) is 0 Å². The second-order valence-corrected chi connectivity index (χ2v) is 2.12. The third-order valence-electron chi connectivity index (χ3n) is 1.22. The van der Waals surface area contributed by atoms with Crippen LogP contribution in [0.5, 0.6) is 0 Å². The van der Waals surface area contributed by atoms with Gasteiger partial charge in [-0.3, -0.25) is 0 Å². The van der Waals surface area contributed by atoms with E-state index in [0.717, 1.165) is 6.42 Å². The van der Waals surface area contributed by atoms with E-state index in [1.807, 2.05) is 25.3 Å². The Morgan fingerprint density at radius 3 is 2.73 bits per heavy atom. The van der Waals surface area contributed by atoms with Gasteiger partial charge in [0.25, 0.3) is 0 Å². The summed E-state index contributed by atoms with van der Waals surface area (Å²) < 4.78 is 0. The van der Waals surface area contributed by atoms with Crippen LogP contribution in [-0.2, 0) is 0 Å². The van der Waals surface area contributed by atoms with E-state index in [1.165, 1.54) is 5.57 Å². The molecule has 0 saturated heterocycles. The smallest absolute Gasteiger partial charge is 0.0273 e. The summed E-state index contributed by atoms with van der Waals surface area (Å²) in [5.41, 5.74) is 1.23. The van der Waals surface area contributed by atoms with Crippen LogP contribution >= 0.6 is 0 Å². The lowest BCUT2D eigenvalue weighted by molar-refractivity contribution is 1.33. The van der Waals surface area contributed by atoms with Crippen molar-refractivity contribution in [3.63, 3.8) is 0 Å². The zero-order valence-electron chi connectivity index (χ0n) is 7.25. The van der Waals surface area contributed by atoms with Crippen LogP contribution < -0.4 is 0 Å². The van der Waals surface area contributed by atoms with E-state index in [9.17, 15) is 0 Å². The molecule has 0 atom stereocenters. The highest BCUT2D eigenvalue weighted by atomic mass is 14.6. The fraction of sp³-hybridized carbons (Fsp3) is 0.300. The average molecular weight is 149 g/mol. The molecule has 1 nitrogen and oxygen atoms in total. The van der Waals surface area contributed by atoms with Gasteiger partial charge >= 0.3 is 0 Å². The maximum atomic E-state index is 3.91. The van der Waals surface area contributed by atoms with Crippen LogP contribution in [0.2, 0.25) is 0 Å². The molecule has 0 N–H and O–H groups in total. The van der Waals surface area contributed by atoms with Gasteiger partial charge in [-0.2, -0.15) is 0 Å². The molecule has 0 rings (SSSR count). The highest BCUT2D eigenvalue weighted by Crippen LogP contribution is 2.01. The first-order valence-corrected chi connectivity index (χ1v) is 3.70. The van der Waals surface area contributed by atoms with Crippen molar-refractivity contribution in [2.45, 2.75) is 13.3 Å². The first kappa shape index (κ1) is 9.89. The predicted molar refractivity (Wildman–Crippen MR) is 52.1 cm³/mol. The van der Waals surface area contributed by atoms with Crippen LogP contribution in [0.15, 0.2) is 41.4 Å². The topological polar surface area (TPSA) is 12.4 Å². The molecule has 60 valence electrons. The minimum absolute atomic E-state index is 0.882. The highest BCUT2D eigenvalue weighted by molar-refractivity contribution is 5.62. The first-order chi connectivity index (χ1) is 5.35. The maximum Gasteiger partial charge on any atom is 0.0273 e. The number of allylic oxidation sites excluding steroid dienone is 5. The van der Waals surface area contributed by atoms with Crippen molar-refractivity contribution in [1.29, 1.82) is 0 Å². The van der Waals surface area contributed by atoms with Gasteiger partial charge in [-0.1, -0.05) is 30.9 Å². The minimum Gasteiger partial charge on any atom is -0.301 e. The van der Waals surface area contributed by atoms with E-state index in [-0.39, 0.29) is 0 Å². The minimum atomic E-state index is 0.882. The van der Waals surface area contributed by atoms with Crippen LogP contribution in [0.4, 0.5) is 0 Å². The van der Waals surface area contributed by atoms with E-state index >= 15 is 0 Å². The molecule has 0 heterocycles. The molecule has 11 heavy (non-hydrogen) atoms. The molecule has 0 aliphatic heterocycles. The van der Waals surface area contributed by atoms with E-state index in [0.29, 0.717) is 0 Å². The zero-order valence-corrected chi connectivity index (χ0v) is 7.25. The molecule has 0 aromatic heterocycles. The SMILES string of the molecule is C=C/C=C(\C=C/C)C/C=N/C. The Bertz CT molecular complexity index is 185. The van der Waals surface area contributed by atoms with Gasteiger partial charge in [-0.25, -0.2) is 0 Å². The summed E-state index contributed by atoms with van der Waals surface area (Å²) in [6.07, 6.45) is 10.6. The summed E-state index contributed by atoms with van der Waals surface area (Å²) in [4.78, 5) is 3.91. The maximum absolute atomic E-state index is 3.91. The fourth-order valence-corrected chi connectivity index (χ4v) is 0.754. The van der Waals surface area contributed by atoms with Crippen molar-refractivity contribution in [3.05, 3.63) is 36.5 Å². The van der Waals surface area contributed by atoms with Gasteiger partial charge in [0, 0.05) is 19.7 Å². The molecule has 0 saturated carbocycles. The molecular formula is C10H15N. The number of hydrogen-bond acceptors (Lipinski definition) is 1. The third-order valence-corrected chi connectivity index (χ3v) is 1.22. The highest BCUT2D eigenvalue weighted by Gasteiger charge is 1.85. The zero-order chi connectivity index (χ0) is 8.53. The average Bonchev–Trinajstić information content (AvgIpc) is 2.01. The molecule has 0 radical (unpaired) electrons. The lowest BCUT2D eigenvalue weighted by atomic mass is 10.2. The summed E-state index contributed by atoms with van der Waals surface area (Å²) in [6.45, 7) is 5.64. The van der Waals surface area contributed by atoms with Gasteiger partial charge in [-0.05, 0) is 12.5 Å². The van der Waals surface area contributed by atoms with Crippen LogP contribution in [0, 0.1) is 0 Å². The number of nitrogens with zero attached hydrogens (tertiary/aromatic N) is 1. The second-order valence-electron chi connectivity index (χ2n) is 2.12. The molecule has 1 heteroatoms. The lowest BCUT2D eigenvalue weighted by Gasteiger charge is -1.92. The fourth-order valence-electron chi connectivity index (χ4n) is 0.754. The van der Waals surface area contributed by atoms with E-state index in [1.54, 1.807) is 13.1 Å². The van der Waals surface area contributed by atoms with E-state index in [4.69, 9.17) is 0 Å². The molecular weight excluding hydrogens is 134 g/mol. The number of aliphatic imine (C=N–C) groups is 1. The molecule has 0 aromatic carbocycles. The summed E-state index contributed by atoms with van der Waals surface area (Å²) in [6, 6.07) is 0. The van der Waals surface area contributed by atoms with Crippen LogP contribution in [-0.4, -0.2) is 13.3 Å². The van der Waals surface area contributed by atoms with Gasteiger partial charge in [0.1, 0.15) is 0 Å². The van der Waals surface area contributed by atoms with E-state index < -0.39 is 0 Å². The monoisotopic (exact) mass is 149 g/mol. The van der Waals surface area contributed by atoms with Gasteiger partial charge in [0.15, 0.2) is 0 Å². The van der Waals surface area contributed by atoms with Gasteiger partial charge < -0.3 is 4.99 Å². The summed E-state index contributed by atoms with van der Waals surface area (Å²) in [5, 5.41) is 0. The summed E-state index contributed by atoms with van der Waals surface area (Å²) >= 11 is 0.